The van der Waals surface area contributed by atoms with Gasteiger partial charge in [0.05, 0.1) is 11.4 Å². The van der Waals surface area contributed by atoms with Gasteiger partial charge in [0, 0.05) is 4.92 Å². The van der Waals surface area contributed by atoms with E-state index in [0.717, 1.165) is 0 Å². The Morgan fingerprint density at radius 2 is 1.95 bits per heavy atom. The van der Waals surface area contributed by atoms with Crippen LogP contribution in [0, 0.1) is 15.5 Å². The standard InChI is InChI=1S/C13H14N2O5S/c1-10-8-14(12(16)13(10,2)9-15(17)18)21(19,20)11-6-4-3-5-7-11/h3-7H,1,8-9H2,2H3. The molecule has 0 spiro atoms. The van der Waals surface area contributed by atoms with Crippen LogP contribution in [-0.4, -0.2) is 36.6 Å². The van der Waals surface area contributed by atoms with E-state index in [1.165, 1.54) is 19.1 Å². The summed E-state index contributed by atoms with van der Waals surface area (Å²) in [5.41, 5.74) is -1.27. The summed E-state index contributed by atoms with van der Waals surface area (Å²) in [7, 11) is -4.03. The fraction of sp³-hybridized carbons (Fsp3) is 0.308. The van der Waals surface area contributed by atoms with Crippen LogP contribution >= 0.6 is 0 Å². The lowest BCUT2D eigenvalue weighted by Gasteiger charge is -2.19. The largest absolute Gasteiger partial charge is 0.272 e. The molecule has 1 atom stereocenters. The first-order valence-electron chi connectivity index (χ1n) is 6.12. The molecule has 1 aliphatic rings. The molecule has 1 aromatic rings. The Bertz CT molecular complexity index is 713. The molecule has 0 N–H and O–H groups in total. The monoisotopic (exact) mass is 310 g/mol. The van der Waals surface area contributed by atoms with Gasteiger partial charge in [0.2, 0.25) is 6.54 Å². The Morgan fingerprint density at radius 1 is 1.38 bits per heavy atom. The number of rotatable bonds is 4. The Morgan fingerprint density at radius 3 is 2.48 bits per heavy atom. The fourth-order valence-electron chi connectivity index (χ4n) is 2.20. The summed E-state index contributed by atoms with van der Waals surface area (Å²) in [6.07, 6.45) is 0. The first kappa shape index (κ1) is 15.2. The second-order valence-corrected chi connectivity index (χ2v) is 6.92. The van der Waals surface area contributed by atoms with E-state index >= 15 is 0 Å². The van der Waals surface area contributed by atoms with Crippen LogP contribution in [0.3, 0.4) is 0 Å². The third-order valence-corrected chi connectivity index (χ3v) is 5.33. The van der Waals surface area contributed by atoms with Crippen LogP contribution in [-0.2, 0) is 14.8 Å². The van der Waals surface area contributed by atoms with Gasteiger partial charge in [-0.1, -0.05) is 24.8 Å². The van der Waals surface area contributed by atoms with Gasteiger partial charge in [-0.15, -0.1) is 0 Å². The predicted octanol–water partition coefficient (Wildman–Crippen LogP) is 1.06. The van der Waals surface area contributed by atoms with Crippen molar-refractivity contribution in [1.29, 1.82) is 0 Å². The van der Waals surface area contributed by atoms with Crippen molar-refractivity contribution < 1.29 is 18.1 Å². The quantitative estimate of drug-likeness (QED) is 0.470. The van der Waals surface area contributed by atoms with Crippen molar-refractivity contribution >= 4 is 15.9 Å². The van der Waals surface area contributed by atoms with Crippen molar-refractivity contribution in [3.05, 3.63) is 52.6 Å². The molecule has 0 radical (unpaired) electrons. The third kappa shape index (κ3) is 2.42. The minimum Gasteiger partial charge on any atom is -0.272 e. The van der Waals surface area contributed by atoms with Gasteiger partial charge < -0.3 is 0 Å². The summed E-state index contributed by atoms with van der Waals surface area (Å²) in [4.78, 5) is 22.4. The van der Waals surface area contributed by atoms with Crippen molar-refractivity contribution in [3.8, 4) is 0 Å². The zero-order chi connectivity index (χ0) is 15.8. The predicted molar refractivity (Wildman–Crippen MR) is 74.4 cm³/mol. The van der Waals surface area contributed by atoms with E-state index in [1.807, 2.05) is 0 Å². The van der Waals surface area contributed by atoms with Crippen LogP contribution in [0.4, 0.5) is 0 Å². The maximum atomic E-state index is 12.5. The van der Waals surface area contributed by atoms with Crippen molar-refractivity contribution in [2.24, 2.45) is 5.41 Å². The highest BCUT2D eigenvalue weighted by Crippen LogP contribution is 2.38. The molecular formula is C13H14N2O5S. The molecule has 0 saturated carbocycles. The maximum absolute atomic E-state index is 12.5. The van der Waals surface area contributed by atoms with E-state index in [-0.39, 0.29) is 17.0 Å². The smallest absolute Gasteiger partial charge is 0.266 e. The average Bonchev–Trinajstić information content (AvgIpc) is 2.64. The van der Waals surface area contributed by atoms with E-state index in [9.17, 15) is 23.3 Å². The molecule has 1 aromatic carbocycles. The number of hydrogen-bond donors (Lipinski definition) is 0. The molecular weight excluding hydrogens is 296 g/mol. The maximum Gasteiger partial charge on any atom is 0.266 e. The van der Waals surface area contributed by atoms with Crippen LogP contribution in [0.5, 0.6) is 0 Å². The summed E-state index contributed by atoms with van der Waals surface area (Å²) in [6, 6.07) is 7.47. The number of nitro groups is 1. The number of sulfonamides is 1. The first-order chi connectivity index (χ1) is 9.69. The van der Waals surface area contributed by atoms with Gasteiger partial charge in [-0.3, -0.25) is 14.9 Å². The summed E-state index contributed by atoms with van der Waals surface area (Å²) < 4.78 is 25.6. The molecule has 1 amide bonds. The first-order valence-corrected chi connectivity index (χ1v) is 7.56. The fourth-order valence-corrected chi connectivity index (χ4v) is 3.70. The Balaban J connectivity index is 2.42. The number of carbonyl (C=O) groups excluding carboxylic acids is 1. The molecule has 112 valence electrons. The zero-order valence-electron chi connectivity index (χ0n) is 11.4. The van der Waals surface area contributed by atoms with Gasteiger partial charge in [-0.05, 0) is 24.6 Å². The van der Waals surface area contributed by atoms with Gasteiger partial charge >= 0.3 is 0 Å². The van der Waals surface area contributed by atoms with Crippen molar-refractivity contribution in [2.45, 2.75) is 11.8 Å². The Labute approximate surface area is 122 Å². The van der Waals surface area contributed by atoms with E-state index in [1.54, 1.807) is 18.2 Å². The van der Waals surface area contributed by atoms with Gasteiger partial charge in [0.25, 0.3) is 15.9 Å². The highest BCUT2D eigenvalue weighted by Gasteiger charge is 2.53. The number of hydrogen-bond acceptors (Lipinski definition) is 5. The topological polar surface area (TPSA) is 97.6 Å². The lowest BCUT2D eigenvalue weighted by molar-refractivity contribution is -0.490. The zero-order valence-corrected chi connectivity index (χ0v) is 12.2. The van der Waals surface area contributed by atoms with E-state index in [2.05, 4.69) is 6.58 Å². The molecule has 1 heterocycles. The van der Waals surface area contributed by atoms with Gasteiger partial charge in [0.15, 0.2) is 0 Å². The van der Waals surface area contributed by atoms with Crippen LogP contribution in [0.2, 0.25) is 0 Å². The van der Waals surface area contributed by atoms with Gasteiger partial charge in [-0.2, -0.15) is 0 Å². The van der Waals surface area contributed by atoms with Gasteiger partial charge in [0.1, 0.15) is 5.41 Å². The van der Waals surface area contributed by atoms with E-state index in [4.69, 9.17) is 0 Å². The second kappa shape index (κ2) is 4.96. The lowest BCUT2D eigenvalue weighted by atomic mass is 9.85. The molecule has 0 bridgehead atoms. The number of amides is 1. The molecule has 0 aromatic heterocycles. The highest BCUT2D eigenvalue weighted by atomic mass is 32.2. The third-order valence-electron chi connectivity index (χ3n) is 3.59. The molecule has 1 saturated heterocycles. The lowest BCUT2D eigenvalue weighted by Crippen LogP contribution is -2.40. The highest BCUT2D eigenvalue weighted by molar-refractivity contribution is 7.89. The number of benzene rings is 1. The van der Waals surface area contributed by atoms with Crippen LogP contribution in [0.15, 0.2) is 47.4 Å². The summed E-state index contributed by atoms with van der Waals surface area (Å²) >= 11 is 0. The summed E-state index contributed by atoms with van der Waals surface area (Å²) in [5.74, 6) is -0.812. The molecule has 2 rings (SSSR count). The van der Waals surface area contributed by atoms with Gasteiger partial charge in [-0.25, -0.2) is 12.7 Å². The second-order valence-electron chi connectivity index (χ2n) is 5.06. The van der Waals surface area contributed by atoms with Crippen LogP contribution in [0.25, 0.3) is 0 Å². The van der Waals surface area contributed by atoms with Crippen molar-refractivity contribution in [3.63, 3.8) is 0 Å². The molecule has 1 aliphatic heterocycles. The van der Waals surface area contributed by atoms with Crippen LogP contribution < -0.4 is 0 Å². The van der Waals surface area contributed by atoms with E-state index < -0.39 is 32.8 Å². The average molecular weight is 310 g/mol. The van der Waals surface area contributed by atoms with Crippen LogP contribution in [0.1, 0.15) is 6.92 Å². The molecule has 21 heavy (non-hydrogen) atoms. The summed E-state index contributed by atoms with van der Waals surface area (Å²) in [5, 5.41) is 10.7. The Kier molecular flexibility index (Phi) is 3.58. The molecule has 0 aliphatic carbocycles. The minimum absolute atomic E-state index is 0.0310. The molecule has 1 fully saturated rings. The summed E-state index contributed by atoms with van der Waals surface area (Å²) in [6.45, 7) is 4.07. The van der Waals surface area contributed by atoms with Crippen molar-refractivity contribution in [2.75, 3.05) is 13.1 Å². The molecule has 8 heteroatoms. The minimum atomic E-state index is -4.03. The SMILES string of the molecule is C=C1CN(S(=O)(=O)c2ccccc2)C(=O)C1(C)C[N+](=O)[O-]. The Hall–Kier alpha value is -2.22. The molecule has 1 unspecified atom stereocenters. The molecule has 7 nitrogen and oxygen atoms in total. The van der Waals surface area contributed by atoms with E-state index in [0.29, 0.717) is 4.31 Å². The number of carbonyl (C=O) groups is 1. The van der Waals surface area contributed by atoms with Crippen molar-refractivity contribution in [1.82, 2.24) is 4.31 Å². The number of nitrogens with zero attached hydrogens (tertiary/aromatic N) is 2. The normalized spacial score (nSPS) is 22.6.